The first-order chi connectivity index (χ1) is 13.5. The fourth-order valence-electron chi connectivity index (χ4n) is 3.38. The molecule has 7 heteroatoms. The molecule has 0 aromatic heterocycles. The van der Waals surface area contributed by atoms with Crippen LogP contribution in [0.2, 0.25) is 0 Å². The summed E-state index contributed by atoms with van der Waals surface area (Å²) in [5.74, 6) is 0.989. The standard InChI is InChI=1S/C20H25O5P.CH5N/c1-24-18-7-4-13(19-10-15(23)9-16(11-21)25-19)8-17(18)20(26)12-2-5-14(22)6-3-12;1-2/h2-8,15-16,19-23H,9-11,26H2,1H3;2H2,1H3/t15?,16-,19?,20?;/m0./s1. The first-order valence-electron chi connectivity index (χ1n) is 9.26. The molecule has 2 aromatic rings. The van der Waals surface area contributed by atoms with Gasteiger partial charge in [0, 0.05) is 24.1 Å². The minimum atomic E-state index is -0.486. The Kier molecular flexibility index (Phi) is 8.67. The average Bonchev–Trinajstić information content (AvgIpc) is 2.74. The zero-order valence-electron chi connectivity index (χ0n) is 16.3. The fraction of sp³-hybridized carbons (Fsp3) is 0.429. The lowest BCUT2D eigenvalue weighted by molar-refractivity contribution is -0.113. The molecule has 1 saturated heterocycles. The Labute approximate surface area is 168 Å². The molecular formula is C21H30NO5P. The van der Waals surface area contributed by atoms with Crippen molar-refractivity contribution in [1.82, 2.24) is 0 Å². The number of phenols is 1. The van der Waals surface area contributed by atoms with Crippen molar-refractivity contribution in [2.75, 3.05) is 20.8 Å². The number of hydrogen-bond acceptors (Lipinski definition) is 6. The first-order valence-corrected chi connectivity index (χ1v) is 9.93. The van der Waals surface area contributed by atoms with E-state index in [1.165, 1.54) is 7.05 Å². The van der Waals surface area contributed by atoms with Gasteiger partial charge in [0.05, 0.1) is 32.0 Å². The molecule has 1 aliphatic heterocycles. The highest BCUT2D eigenvalue weighted by molar-refractivity contribution is 7.17. The molecule has 0 aliphatic carbocycles. The van der Waals surface area contributed by atoms with E-state index >= 15 is 0 Å². The van der Waals surface area contributed by atoms with E-state index in [0.29, 0.717) is 12.8 Å². The Morgan fingerprint density at radius 3 is 2.46 bits per heavy atom. The van der Waals surface area contributed by atoms with E-state index in [0.717, 1.165) is 22.4 Å². The van der Waals surface area contributed by atoms with E-state index < -0.39 is 6.10 Å². The molecule has 0 spiro atoms. The summed E-state index contributed by atoms with van der Waals surface area (Å²) in [6, 6.07) is 12.9. The number of methoxy groups -OCH3 is 1. The molecule has 0 amide bonds. The van der Waals surface area contributed by atoms with Crippen molar-refractivity contribution in [3.63, 3.8) is 0 Å². The van der Waals surface area contributed by atoms with Crippen molar-refractivity contribution in [1.29, 1.82) is 0 Å². The molecule has 5 N–H and O–H groups in total. The molecule has 4 unspecified atom stereocenters. The van der Waals surface area contributed by atoms with Crippen LogP contribution >= 0.6 is 9.24 Å². The second-order valence-electron chi connectivity index (χ2n) is 6.63. The lowest BCUT2D eigenvalue weighted by Crippen LogP contribution is -2.33. The largest absolute Gasteiger partial charge is 0.508 e. The minimum absolute atomic E-state index is 0.0207. The fourth-order valence-corrected chi connectivity index (χ4v) is 3.86. The Balaban J connectivity index is 0.00000136. The Hall–Kier alpha value is -1.69. The van der Waals surface area contributed by atoms with Gasteiger partial charge >= 0.3 is 0 Å². The molecule has 2 aromatic carbocycles. The highest BCUT2D eigenvalue weighted by atomic mass is 31.0. The number of phenolic OH excluding ortho intramolecular Hbond substituents is 1. The van der Waals surface area contributed by atoms with Crippen molar-refractivity contribution in [2.45, 2.75) is 36.8 Å². The number of hydrogen-bond donors (Lipinski definition) is 4. The molecule has 3 rings (SSSR count). The van der Waals surface area contributed by atoms with Crippen molar-refractivity contribution in [3.8, 4) is 11.5 Å². The van der Waals surface area contributed by atoms with Gasteiger partial charge in [0.1, 0.15) is 11.5 Å². The Morgan fingerprint density at radius 1 is 1.18 bits per heavy atom. The molecule has 154 valence electrons. The van der Waals surface area contributed by atoms with Crippen LogP contribution in [0.4, 0.5) is 0 Å². The quantitative estimate of drug-likeness (QED) is 0.568. The third-order valence-electron chi connectivity index (χ3n) is 4.79. The van der Waals surface area contributed by atoms with E-state index in [4.69, 9.17) is 9.47 Å². The monoisotopic (exact) mass is 407 g/mol. The predicted octanol–water partition coefficient (Wildman–Crippen LogP) is 2.51. The summed E-state index contributed by atoms with van der Waals surface area (Å²) in [6.07, 6.45) is -0.144. The van der Waals surface area contributed by atoms with Crippen LogP contribution in [0.1, 0.15) is 41.3 Å². The molecule has 28 heavy (non-hydrogen) atoms. The predicted molar refractivity (Wildman–Crippen MR) is 113 cm³/mol. The van der Waals surface area contributed by atoms with E-state index in [1.807, 2.05) is 30.3 Å². The second kappa shape index (κ2) is 10.7. The lowest BCUT2D eigenvalue weighted by Gasteiger charge is -2.33. The van der Waals surface area contributed by atoms with Gasteiger partial charge in [-0.25, -0.2) is 0 Å². The topological polar surface area (TPSA) is 105 Å². The van der Waals surface area contributed by atoms with Crippen molar-refractivity contribution >= 4 is 9.24 Å². The molecule has 6 nitrogen and oxygen atoms in total. The van der Waals surface area contributed by atoms with Crippen LogP contribution in [-0.2, 0) is 4.74 Å². The van der Waals surface area contributed by atoms with E-state index in [2.05, 4.69) is 15.0 Å². The second-order valence-corrected chi connectivity index (χ2v) is 7.29. The summed E-state index contributed by atoms with van der Waals surface area (Å²) < 4.78 is 11.5. The van der Waals surface area contributed by atoms with E-state index in [1.54, 1.807) is 19.2 Å². The zero-order valence-corrected chi connectivity index (χ0v) is 17.4. The number of benzene rings is 2. The number of ether oxygens (including phenoxy) is 2. The highest BCUT2D eigenvalue weighted by Crippen LogP contribution is 2.40. The maximum absolute atomic E-state index is 10.1. The normalized spacial score (nSPS) is 22.7. The summed E-state index contributed by atoms with van der Waals surface area (Å²) in [4.78, 5) is 0. The van der Waals surface area contributed by atoms with Gasteiger partial charge in [-0.1, -0.05) is 18.2 Å². The molecule has 0 radical (unpaired) electrons. The van der Waals surface area contributed by atoms with Gasteiger partial charge in [-0.2, -0.15) is 0 Å². The number of aliphatic hydroxyl groups is 2. The van der Waals surface area contributed by atoms with Crippen LogP contribution in [0, 0.1) is 0 Å². The molecule has 1 aliphatic rings. The van der Waals surface area contributed by atoms with Gasteiger partial charge in [0.15, 0.2) is 0 Å². The van der Waals surface area contributed by atoms with Gasteiger partial charge in [0.2, 0.25) is 0 Å². The van der Waals surface area contributed by atoms with Crippen LogP contribution < -0.4 is 10.5 Å². The molecule has 5 atom stereocenters. The number of aromatic hydroxyl groups is 1. The van der Waals surface area contributed by atoms with Gasteiger partial charge < -0.3 is 30.5 Å². The van der Waals surface area contributed by atoms with Crippen molar-refractivity contribution in [3.05, 3.63) is 59.2 Å². The SMILES string of the molecule is CN.COc1ccc(C2CC(O)C[C@@H](CO)O2)cc1C(P)c1ccc(O)cc1. The lowest BCUT2D eigenvalue weighted by atomic mass is 9.93. The third kappa shape index (κ3) is 5.43. The van der Waals surface area contributed by atoms with Crippen LogP contribution in [0.15, 0.2) is 42.5 Å². The summed E-state index contributed by atoms with van der Waals surface area (Å²) in [6.45, 7) is -0.101. The van der Waals surface area contributed by atoms with E-state index in [9.17, 15) is 15.3 Å². The zero-order chi connectivity index (χ0) is 20.7. The smallest absolute Gasteiger partial charge is 0.123 e. The summed E-state index contributed by atoms with van der Waals surface area (Å²) in [7, 11) is 5.94. The summed E-state index contributed by atoms with van der Waals surface area (Å²) in [5, 5.41) is 29.0. The number of nitrogens with two attached hydrogens (primary N) is 1. The third-order valence-corrected chi connectivity index (χ3v) is 5.54. The molecule has 1 heterocycles. The number of aliphatic hydroxyl groups excluding tert-OH is 2. The first kappa shape index (κ1) is 22.6. The maximum atomic E-state index is 10.1. The van der Waals surface area contributed by atoms with Gasteiger partial charge in [-0.3, -0.25) is 0 Å². The van der Waals surface area contributed by atoms with Crippen LogP contribution in [0.3, 0.4) is 0 Å². The average molecular weight is 407 g/mol. The molecule has 1 fully saturated rings. The summed E-state index contributed by atoms with van der Waals surface area (Å²) in [5.41, 5.74) is 7.43. The van der Waals surface area contributed by atoms with Crippen LogP contribution in [0.5, 0.6) is 11.5 Å². The Morgan fingerprint density at radius 2 is 1.86 bits per heavy atom. The van der Waals surface area contributed by atoms with Gasteiger partial charge in [-0.15, -0.1) is 9.24 Å². The van der Waals surface area contributed by atoms with Crippen molar-refractivity contribution in [2.24, 2.45) is 5.73 Å². The van der Waals surface area contributed by atoms with Gasteiger partial charge in [0.25, 0.3) is 0 Å². The molecule has 0 saturated carbocycles. The van der Waals surface area contributed by atoms with Crippen LogP contribution in [-0.4, -0.2) is 48.3 Å². The van der Waals surface area contributed by atoms with Crippen LogP contribution in [0.25, 0.3) is 0 Å². The highest BCUT2D eigenvalue weighted by Gasteiger charge is 2.29. The molecule has 0 bridgehead atoms. The summed E-state index contributed by atoms with van der Waals surface area (Å²) >= 11 is 0. The Bertz CT molecular complexity index is 740. The van der Waals surface area contributed by atoms with Gasteiger partial charge in [-0.05, 0) is 42.4 Å². The minimum Gasteiger partial charge on any atom is -0.508 e. The van der Waals surface area contributed by atoms with E-state index in [-0.39, 0.29) is 30.2 Å². The maximum Gasteiger partial charge on any atom is 0.123 e. The molecular weight excluding hydrogens is 377 g/mol. The van der Waals surface area contributed by atoms with Crippen molar-refractivity contribution < 1.29 is 24.8 Å². The number of rotatable bonds is 5.